The summed E-state index contributed by atoms with van der Waals surface area (Å²) in [4.78, 5) is 26.7. The molecule has 0 spiro atoms. The lowest BCUT2D eigenvalue weighted by atomic mass is 10.1. The van der Waals surface area contributed by atoms with Gasteiger partial charge >= 0.3 is 0 Å². The highest BCUT2D eigenvalue weighted by Gasteiger charge is 2.24. The van der Waals surface area contributed by atoms with E-state index >= 15 is 0 Å². The number of aromatic nitrogens is 5. The number of methoxy groups -OCH3 is 1. The Hall–Kier alpha value is -5.18. The van der Waals surface area contributed by atoms with Gasteiger partial charge in [0.05, 0.1) is 31.4 Å². The molecular weight excluding hydrogens is 492 g/mol. The summed E-state index contributed by atoms with van der Waals surface area (Å²) in [5, 5.41) is 3.91. The fourth-order valence-electron chi connectivity index (χ4n) is 4.66. The van der Waals surface area contributed by atoms with Crippen LogP contribution in [-0.4, -0.2) is 37.1 Å². The standard InChI is InChI=1S/C30H26N6O3/c1-35-26(20-6-8-23(9-7-20)36-14-13-31-19-36)18-33-29(35)25(17-22-5-3-4-12-32-22)34-30(37)28-16-21-15-24(38-2)10-11-27(21)39-28/h3-16,18-19,25H,17H2,1-2H3,(H,34,37). The van der Waals surface area contributed by atoms with Gasteiger partial charge in [-0.05, 0) is 54.1 Å². The lowest BCUT2D eigenvalue weighted by molar-refractivity contribution is 0.0908. The van der Waals surface area contributed by atoms with Crippen molar-refractivity contribution in [2.24, 2.45) is 7.05 Å². The fourth-order valence-corrected chi connectivity index (χ4v) is 4.66. The lowest BCUT2D eigenvalue weighted by Gasteiger charge is -2.18. The molecule has 9 heteroatoms. The van der Waals surface area contributed by atoms with E-state index < -0.39 is 6.04 Å². The topological polar surface area (TPSA) is 100 Å². The number of fused-ring (bicyclic) bond motifs is 1. The first-order valence-corrected chi connectivity index (χ1v) is 12.5. The van der Waals surface area contributed by atoms with Gasteiger partial charge in [0.15, 0.2) is 5.76 Å². The van der Waals surface area contributed by atoms with E-state index in [9.17, 15) is 4.79 Å². The van der Waals surface area contributed by atoms with Crippen LogP contribution in [0.5, 0.6) is 5.75 Å². The van der Waals surface area contributed by atoms with Gasteiger partial charge in [0.1, 0.15) is 17.2 Å². The van der Waals surface area contributed by atoms with Crippen LogP contribution in [0.25, 0.3) is 27.9 Å². The highest BCUT2D eigenvalue weighted by atomic mass is 16.5. The number of carbonyl (C=O) groups is 1. The molecule has 0 aliphatic carbocycles. The first-order chi connectivity index (χ1) is 19.1. The van der Waals surface area contributed by atoms with Gasteiger partial charge in [-0.1, -0.05) is 18.2 Å². The Morgan fingerprint density at radius 1 is 1.05 bits per heavy atom. The van der Waals surface area contributed by atoms with E-state index in [1.54, 1.807) is 44.0 Å². The van der Waals surface area contributed by atoms with Gasteiger partial charge in [-0.2, -0.15) is 0 Å². The maximum absolute atomic E-state index is 13.4. The molecule has 0 radical (unpaired) electrons. The first-order valence-electron chi connectivity index (χ1n) is 12.5. The van der Waals surface area contributed by atoms with Crippen LogP contribution in [0.3, 0.4) is 0 Å². The normalized spacial score (nSPS) is 11.9. The molecule has 39 heavy (non-hydrogen) atoms. The smallest absolute Gasteiger partial charge is 0.287 e. The number of rotatable bonds is 8. The van der Waals surface area contributed by atoms with E-state index in [2.05, 4.69) is 15.3 Å². The number of imidazole rings is 2. The van der Waals surface area contributed by atoms with Crippen LogP contribution in [-0.2, 0) is 13.5 Å². The molecule has 0 aliphatic heterocycles. The minimum atomic E-state index is -0.445. The molecule has 4 heterocycles. The molecule has 1 N–H and O–H groups in total. The van der Waals surface area contributed by atoms with E-state index in [1.807, 2.05) is 77.1 Å². The fraction of sp³-hybridized carbons (Fsp3) is 0.133. The number of pyridine rings is 1. The Balaban J connectivity index is 1.30. The minimum Gasteiger partial charge on any atom is -0.497 e. The van der Waals surface area contributed by atoms with Crippen LogP contribution in [0.1, 0.15) is 28.1 Å². The molecular formula is C30H26N6O3. The Kier molecular flexibility index (Phi) is 6.38. The first kappa shape index (κ1) is 24.2. The summed E-state index contributed by atoms with van der Waals surface area (Å²) in [5.41, 5.74) is 4.40. The summed E-state index contributed by atoms with van der Waals surface area (Å²) in [6, 6.07) is 20.6. The number of hydrogen-bond donors (Lipinski definition) is 1. The van der Waals surface area contributed by atoms with Crippen molar-refractivity contribution >= 4 is 16.9 Å². The molecule has 2 aromatic carbocycles. The van der Waals surface area contributed by atoms with E-state index in [0.717, 1.165) is 28.0 Å². The number of ether oxygens (including phenoxy) is 1. The number of carbonyl (C=O) groups excluding carboxylic acids is 1. The van der Waals surface area contributed by atoms with Gasteiger partial charge in [-0.3, -0.25) is 9.78 Å². The molecule has 1 unspecified atom stereocenters. The largest absolute Gasteiger partial charge is 0.497 e. The highest BCUT2D eigenvalue weighted by Crippen LogP contribution is 2.27. The second-order valence-corrected chi connectivity index (χ2v) is 9.14. The van der Waals surface area contributed by atoms with Gasteiger partial charge in [0.25, 0.3) is 5.91 Å². The number of amides is 1. The zero-order valence-corrected chi connectivity index (χ0v) is 21.5. The number of furan rings is 1. The summed E-state index contributed by atoms with van der Waals surface area (Å²) in [7, 11) is 3.55. The summed E-state index contributed by atoms with van der Waals surface area (Å²) in [5.74, 6) is 1.29. The molecule has 1 amide bonds. The Morgan fingerprint density at radius 3 is 2.67 bits per heavy atom. The Morgan fingerprint density at radius 2 is 1.92 bits per heavy atom. The molecule has 6 rings (SSSR count). The van der Waals surface area contributed by atoms with Crippen molar-refractivity contribution in [1.82, 2.24) is 29.4 Å². The van der Waals surface area contributed by atoms with Crippen LogP contribution < -0.4 is 10.1 Å². The third-order valence-electron chi connectivity index (χ3n) is 6.69. The zero-order chi connectivity index (χ0) is 26.8. The van der Waals surface area contributed by atoms with Crippen LogP contribution in [0.4, 0.5) is 0 Å². The molecule has 0 fully saturated rings. The van der Waals surface area contributed by atoms with Crippen molar-refractivity contribution < 1.29 is 13.9 Å². The SMILES string of the molecule is COc1ccc2oc(C(=O)NC(Cc3ccccn3)c3ncc(-c4ccc(-n5ccnc5)cc4)n3C)cc2c1. The van der Waals surface area contributed by atoms with Crippen molar-refractivity contribution in [2.45, 2.75) is 12.5 Å². The third-order valence-corrected chi connectivity index (χ3v) is 6.69. The minimum absolute atomic E-state index is 0.216. The summed E-state index contributed by atoms with van der Waals surface area (Å²) >= 11 is 0. The number of benzene rings is 2. The second-order valence-electron chi connectivity index (χ2n) is 9.14. The van der Waals surface area contributed by atoms with Gasteiger partial charge in [-0.25, -0.2) is 9.97 Å². The summed E-state index contributed by atoms with van der Waals surface area (Å²) < 4.78 is 15.1. The van der Waals surface area contributed by atoms with Crippen molar-refractivity contribution in [2.75, 3.05) is 7.11 Å². The summed E-state index contributed by atoms with van der Waals surface area (Å²) in [6.45, 7) is 0. The maximum Gasteiger partial charge on any atom is 0.287 e. The molecule has 9 nitrogen and oxygen atoms in total. The van der Waals surface area contributed by atoms with Gasteiger partial charge in [0, 0.05) is 48.8 Å². The highest BCUT2D eigenvalue weighted by molar-refractivity contribution is 5.96. The second kappa shape index (κ2) is 10.3. The number of hydrogen-bond acceptors (Lipinski definition) is 6. The van der Waals surface area contributed by atoms with Gasteiger partial charge in [0.2, 0.25) is 0 Å². The number of nitrogens with zero attached hydrogens (tertiary/aromatic N) is 5. The van der Waals surface area contributed by atoms with E-state index in [4.69, 9.17) is 14.1 Å². The molecule has 0 saturated heterocycles. The van der Waals surface area contributed by atoms with Crippen molar-refractivity contribution in [3.8, 4) is 22.7 Å². The van der Waals surface area contributed by atoms with Crippen molar-refractivity contribution in [3.63, 3.8) is 0 Å². The van der Waals surface area contributed by atoms with E-state index in [-0.39, 0.29) is 11.7 Å². The summed E-state index contributed by atoms with van der Waals surface area (Å²) in [6.07, 6.45) is 9.45. The van der Waals surface area contributed by atoms with Gasteiger partial charge in [-0.15, -0.1) is 0 Å². The number of nitrogens with one attached hydrogen (secondary N) is 1. The quantitative estimate of drug-likeness (QED) is 0.300. The average Bonchev–Trinajstić information content (AvgIpc) is 3.73. The molecule has 0 bridgehead atoms. The third kappa shape index (κ3) is 4.89. The molecule has 1 atom stereocenters. The van der Waals surface area contributed by atoms with Crippen LogP contribution >= 0.6 is 0 Å². The van der Waals surface area contributed by atoms with Crippen molar-refractivity contribution in [3.05, 3.63) is 115 Å². The lowest BCUT2D eigenvalue weighted by Crippen LogP contribution is -2.31. The molecule has 6 aromatic rings. The van der Waals surface area contributed by atoms with Crippen molar-refractivity contribution in [1.29, 1.82) is 0 Å². The van der Waals surface area contributed by atoms with E-state index in [1.165, 1.54) is 0 Å². The van der Waals surface area contributed by atoms with E-state index in [0.29, 0.717) is 23.6 Å². The van der Waals surface area contributed by atoms with Gasteiger partial charge < -0.3 is 23.6 Å². The molecule has 0 saturated carbocycles. The predicted molar refractivity (Wildman–Crippen MR) is 147 cm³/mol. The average molecular weight is 519 g/mol. The Labute approximate surface area is 224 Å². The van der Waals surface area contributed by atoms with Crippen LogP contribution in [0.15, 0.2) is 102 Å². The molecule has 4 aromatic heterocycles. The maximum atomic E-state index is 13.4. The van der Waals surface area contributed by atoms with Crippen LogP contribution in [0, 0.1) is 0 Å². The Bertz CT molecular complexity index is 1720. The zero-order valence-electron chi connectivity index (χ0n) is 21.5. The monoisotopic (exact) mass is 518 g/mol. The molecule has 0 aliphatic rings. The predicted octanol–water partition coefficient (Wildman–Crippen LogP) is 5.14. The molecule has 194 valence electrons. The van der Waals surface area contributed by atoms with Crippen LogP contribution in [0.2, 0.25) is 0 Å².